The van der Waals surface area contributed by atoms with Crippen molar-refractivity contribution in [3.8, 4) is 5.75 Å². The zero-order valence-corrected chi connectivity index (χ0v) is 12.5. The van der Waals surface area contributed by atoms with Gasteiger partial charge >= 0.3 is 6.18 Å². The quantitative estimate of drug-likeness (QED) is 0.636. The van der Waals surface area contributed by atoms with E-state index in [1.54, 1.807) is 0 Å². The Morgan fingerprint density at radius 2 is 1.62 bits per heavy atom. The molecule has 120 valence electrons. The van der Waals surface area contributed by atoms with Gasteiger partial charge in [-0.3, -0.25) is 0 Å². The molecule has 0 aromatic heterocycles. The third kappa shape index (κ3) is 7.95. The number of benzene rings is 1. The molecule has 0 unspecified atom stereocenters. The molecule has 1 aromatic rings. The molecule has 0 amide bonds. The fourth-order valence-corrected chi connectivity index (χ4v) is 1.94. The lowest BCUT2D eigenvalue weighted by molar-refractivity contribution is -0.137. The van der Waals surface area contributed by atoms with Gasteiger partial charge in [0, 0.05) is 0 Å². The number of halogens is 3. The molecular weight excluding hydrogens is 279 g/mol. The molecule has 21 heavy (non-hydrogen) atoms. The topological polar surface area (TPSA) is 21.3 Å². The molecule has 0 fully saturated rings. The lowest BCUT2D eigenvalue weighted by atomic mass is 10.2. The van der Waals surface area contributed by atoms with Crippen molar-refractivity contribution >= 4 is 0 Å². The lowest BCUT2D eigenvalue weighted by Crippen LogP contribution is -2.15. The van der Waals surface area contributed by atoms with Gasteiger partial charge in [-0.05, 0) is 56.6 Å². The van der Waals surface area contributed by atoms with Gasteiger partial charge in [-0.2, -0.15) is 13.2 Å². The highest BCUT2D eigenvalue weighted by molar-refractivity contribution is 5.28. The molecule has 1 N–H and O–H groups in total. The Kier molecular flexibility index (Phi) is 8.20. The second-order valence-electron chi connectivity index (χ2n) is 5.03. The maximum atomic E-state index is 12.4. The number of hydrogen-bond donors (Lipinski definition) is 1. The molecule has 0 saturated heterocycles. The van der Waals surface area contributed by atoms with Crippen molar-refractivity contribution in [2.75, 3.05) is 19.7 Å². The van der Waals surface area contributed by atoms with Crippen LogP contribution >= 0.6 is 0 Å². The van der Waals surface area contributed by atoms with Crippen LogP contribution < -0.4 is 10.1 Å². The van der Waals surface area contributed by atoms with Gasteiger partial charge in [0.2, 0.25) is 0 Å². The van der Waals surface area contributed by atoms with E-state index in [1.165, 1.54) is 12.1 Å². The zero-order chi connectivity index (χ0) is 15.6. The average molecular weight is 303 g/mol. The van der Waals surface area contributed by atoms with Gasteiger partial charge in [-0.15, -0.1) is 0 Å². The van der Waals surface area contributed by atoms with E-state index in [1.807, 2.05) is 0 Å². The van der Waals surface area contributed by atoms with Crippen molar-refractivity contribution < 1.29 is 17.9 Å². The summed E-state index contributed by atoms with van der Waals surface area (Å²) in [5.41, 5.74) is -0.644. The minimum atomic E-state index is -4.29. The number of unbranched alkanes of at least 4 members (excludes halogenated alkanes) is 3. The van der Waals surface area contributed by atoms with E-state index in [0.717, 1.165) is 57.3 Å². The summed E-state index contributed by atoms with van der Waals surface area (Å²) < 4.78 is 42.6. The maximum Gasteiger partial charge on any atom is 0.416 e. The third-order valence-electron chi connectivity index (χ3n) is 3.13. The molecule has 0 aliphatic carbocycles. The molecule has 0 bridgehead atoms. The summed E-state index contributed by atoms with van der Waals surface area (Å²) in [4.78, 5) is 0. The highest BCUT2D eigenvalue weighted by Gasteiger charge is 2.29. The second kappa shape index (κ2) is 9.66. The molecule has 0 atom stereocenters. The van der Waals surface area contributed by atoms with E-state index in [4.69, 9.17) is 4.74 Å². The molecule has 0 heterocycles. The summed E-state index contributed by atoms with van der Waals surface area (Å²) in [5.74, 6) is 0.493. The monoisotopic (exact) mass is 303 g/mol. The minimum Gasteiger partial charge on any atom is -0.494 e. The molecule has 0 radical (unpaired) electrons. The Hall–Kier alpha value is -1.23. The van der Waals surface area contributed by atoms with Crippen LogP contribution in [0.25, 0.3) is 0 Å². The predicted molar refractivity (Wildman–Crippen MR) is 78.6 cm³/mol. The highest BCUT2D eigenvalue weighted by atomic mass is 19.4. The first-order chi connectivity index (χ1) is 10.0. The fraction of sp³-hybridized carbons (Fsp3) is 0.625. The van der Waals surface area contributed by atoms with Crippen molar-refractivity contribution in [2.45, 2.75) is 45.2 Å². The number of rotatable bonds is 10. The van der Waals surface area contributed by atoms with Gasteiger partial charge < -0.3 is 10.1 Å². The zero-order valence-electron chi connectivity index (χ0n) is 12.5. The molecule has 0 spiro atoms. The molecule has 1 aromatic carbocycles. The molecule has 1 rings (SSSR count). The van der Waals surface area contributed by atoms with Crippen LogP contribution in [0, 0.1) is 0 Å². The van der Waals surface area contributed by atoms with Gasteiger partial charge in [0.05, 0.1) is 12.2 Å². The summed E-state index contributed by atoms with van der Waals surface area (Å²) >= 11 is 0. The predicted octanol–water partition coefficient (Wildman–Crippen LogP) is 4.64. The Balaban J connectivity index is 2.08. The molecule has 0 saturated carbocycles. The lowest BCUT2D eigenvalue weighted by Gasteiger charge is -2.09. The largest absolute Gasteiger partial charge is 0.494 e. The van der Waals surface area contributed by atoms with Crippen molar-refractivity contribution in [2.24, 2.45) is 0 Å². The number of hydrogen-bond acceptors (Lipinski definition) is 2. The van der Waals surface area contributed by atoms with Gasteiger partial charge in [-0.1, -0.05) is 19.8 Å². The Morgan fingerprint density at radius 1 is 0.952 bits per heavy atom. The van der Waals surface area contributed by atoms with E-state index < -0.39 is 11.7 Å². The van der Waals surface area contributed by atoms with Crippen molar-refractivity contribution in [1.29, 1.82) is 0 Å². The smallest absolute Gasteiger partial charge is 0.416 e. The molecule has 5 heteroatoms. The summed E-state index contributed by atoms with van der Waals surface area (Å²) in [6.07, 6.45) is 1.17. The van der Waals surface area contributed by atoms with Gasteiger partial charge in [0.1, 0.15) is 5.75 Å². The van der Waals surface area contributed by atoms with Crippen LogP contribution in [0.1, 0.15) is 44.6 Å². The summed E-state index contributed by atoms with van der Waals surface area (Å²) in [6.45, 7) is 4.81. The van der Waals surface area contributed by atoms with Crippen LogP contribution in [-0.2, 0) is 6.18 Å². The standard InChI is InChI=1S/C16H24F3NO/c1-2-11-20-12-5-3-4-6-13-21-15-9-7-14(8-10-15)16(17,18)19/h7-10,20H,2-6,11-13H2,1H3. The Morgan fingerprint density at radius 3 is 2.24 bits per heavy atom. The van der Waals surface area contributed by atoms with E-state index >= 15 is 0 Å². The normalized spacial score (nSPS) is 11.6. The van der Waals surface area contributed by atoms with E-state index in [0.29, 0.717) is 12.4 Å². The third-order valence-corrected chi connectivity index (χ3v) is 3.13. The average Bonchev–Trinajstić information content (AvgIpc) is 2.45. The van der Waals surface area contributed by atoms with Crippen LogP contribution in [-0.4, -0.2) is 19.7 Å². The van der Waals surface area contributed by atoms with Crippen molar-refractivity contribution in [3.63, 3.8) is 0 Å². The molecule has 2 nitrogen and oxygen atoms in total. The van der Waals surface area contributed by atoms with Crippen LogP contribution in [0.15, 0.2) is 24.3 Å². The van der Waals surface area contributed by atoms with Crippen LogP contribution in [0.2, 0.25) is 0 Å². The first-order valence-corrected chi connectivity index (χ1v) is 7.55. The van der Waals surface area contributed by atoms with E-state index in [2.05, 4.69) is 12.2 Å². The second-order valence-corrected chi connectivity index (χ2v) is 5.03. The maximum absolute atomic E-state index is 12.4. The first kappa shape index (κ1) is 17.8. The number of alkyl halides is 3. The van der Waals surface area contributed by atoms with Gasteiger partial charge in [0.25, 0.3) is 0 Å². The Labute approximate surface area is 124 Å². The van der Waals surface area contributed by atoms with E-state index in [9.17, 15) is 13.2 Å². The van der Waals surface area contributed by atoms with E-state index in [-0.39, 0.29) is 0 Å². The van der Waals surface area contributed by atoms with Gasteiger partial charge in [0.15, 0.2) is 0 Å². The van der Waals surface area contributed by atoms with Crippen LogP contribution in [0.3, 0.4) is 0 Å². The molecule has 0 aliphatic heterocycles. The Bertz CT molecular complexity index is 376. The summed E-state index contributed by atoms with van der Waals surface area (Å²) in [5, 5.41) is 3.35. The van der Waals surface area contributed by atoms with Crippen molar-refractivity contribution in [1.82, 2.24) is 5.32 Å². The van der Waals surface area contributed by atoms with Crippen LogP contribution in [0.4, 0.5) is 13.2 Å². The summed E-state index contributed by atoms with van der Waals surface area (Å²) in [7, 11) is 0. The van der Waals surface area contributed by atoms with Crippen LogP contribution in [0.5, 0.6) is 5.75 Å². The first-order valence-electron chi connectivity index (χ1n) is 7.55. The number of nitrogens with one attached hydrogen (secondary N) is 1. The highest BCUT2D eigenvalue weighted by Crippen LogP contribution is 2.30. The number of ether oxygens (including phenoxy) is 1. The molecule has 0 aliphatic rings. The fourth-order valence-electron chi connectivity index (χ4n) is 1.94. The SMILES string of the molecule is CCCNCCCCCCOc1ccc(C(F)(F)F)cc1. The van der Waals surface area contributed by atoms with Gasteiger partial charge in [-0.25, -0.2) is 0 Å². The van der Waals surface area contributed by atoms with Crippen molar-refractivity contribution in [3.05, 3.63) is 29.8 Å². The molecular formula is C16H24F3NO. The minimum absolute atomic E-state index is 0.493. The summed E-state index contributed by atoms with van der Waals surface area (Å²) in [6, 6.07) is 4.85.